The van der Waals surface area contributed by atoms with Crippen molar-refractivity contribution in [2.75, 3.05) is 13.1 Å². The molecule has 0 radical (unpaired) electrons. The van der Waals surface area contributed by atoms with E-state index in [1.807, 2.05) is 54.6 Å². The number of fused-ring (bicyclic) bond motifs is 2. The number of aromatic nitrogens is 1. The molecule has 3 aromatic carbocycles. The maximum absolute atomic E-state index is 13.7. The van der Waals surface area contributed by atoms with Crippen LogP contribution in [-0.2, 0) is 4.79 Å². The highest BCUT2D eigenvalue weighted by Crippen LogP contribution is 2.32. The van der Waals surface area contributed by atoms with Gasteiger partial charge in [0.15, 0.2) is 0 Å². The van der Waals surface area contributed by atoms with Gasteiger partial charge in [-0.3, -0.25) is 14.6 Å². The van der Waals surface area contributed by atoms with Crippen molar-refractivity contribution in [1.82, 2.24) is 15.2 Å². The number of carbonyl (C=O) groups excluding carboxylic acids is 2. The SMILES string of the molecule is N#C[C@@H]1CC(F)(F)CN1C(=O)CNC(=O)c1ccnc2ccc(-c3ccc4cc(Cl)ccc4c3)cc12. The number of alkyl halides is 2. The topological polar surface area (TPSA) is 86.1 Å². The fourth-order valence-electron chi connectivity index (χ4n) is 4.47. The molecule has 9 heteroatoms. The van der Waals surface area contributed by atoms with E-state index in [1.165, 1.54) is 12.3 Å². The first-order chi connectivity index (χ1) is 17.2. The minimum atomic E-state index is -3.12. The Morgan fingerprint density at radius 2 is 1.81 bits per heavy atom. The van der Waals surface area contributed by atoms with Gasteiger partial charge in [-0.15, -0.1) is 0 Å². The molecule has 2 amide bonds. The molecule has 1 aliphatic rings. The van der Waals surface area contributed by atoms with Crippen LogP contribution in [-0.4, -0.2) is 46.8 Å². The van der Waals surface area contributed by atoms with Crippen molar-refractivity contribution >= 4 is 45.1 Å². The van der Waals surface area contributed by atoms with Crippen LogP contribution in [0.3, 0.4) is 0 Å². The van der Waals surface area contributed by atoms with E-state index < -0.39 is 43.3 Å². The smallest absolute Gasteiger partial charge is 0.268 e. The molecule has 1 fully saturated rings. The van der Waals surface area contributed by atoms with Gasteiger partial charge in [0.05, 0.1) is 30.2 Å². The van der Waals surface area contributed by atoms with E-state index in [1.54, 1.807) is 6.07 Å². The average Bonchev–Trinajstić information content (AvgIpc) is 3.20. The largest absolute Gasteiger partial charge is 0.343 e. The highest BCUT2D eigenvalue weighted by molar-refractivity contribution is 6.31. The normalized spacial score (nSPS) is 16.7. The number of halogens is 3. The molecule has 0 unspecified atom stereocenters. The van der Waals surface area contributed by atoms with Crippen molar-refractivity contribution in [1.29, 1.82) is 5.26 Å². The zero-order chi connectivity index (χ0) is 25.4. The maximum Gasteiger partial charge on any atom is 0.268 e. The molecule has 0 saturated carbocycles. The number of rotatable bonds is 4. The summed E-state index contributed by atoms with van der Waals surface area (Å²) in [6, 6.07) is 19.2. The molecule has 6 nitrogen and oxygen atoms in total. The minimum absolute atomic E-state index is 0.297. The molecule has 5 rings (SSSR count). The van der Waals surface area contributed by atoms with Crippen molar-refractivity contribution in [3.05, 3.63) is 77.4 Å². The summed E-state index contributed by atoms with van der Waals surface area (Å²) >= 11 is 6.08. The lowest BCUT2D eigenvalue weighted by Crippen LogP contribution is -2.43. The highest BCUT2D eigenvalue weighted by atomic mass is 35.5. The Morgan fingerprint density at radius 3 is 2.61 bits per heavy atom. The molecular weight excluding hydrogens is 486 g/mol. The van der Waals surface area contributed by atoms with E-state index in [-0.39, 0.29) is 0 Å². The standard InChI is InChI=1S/C27H19ClF2N4O2/c28-20-5-3-17-9-16(1-2-18(17)10-20)19-4-6-24-23(11-19)22(7-8-32-24)26(36)33-14-25(35)34-15-27(29,30)12-21(34)13-31/h1-11,21H,12,14-15H2,(H,33,36)/t21-/m0/s1. The van der Waals surface area contributed by atoms with Crippen LogP contribution in [0.4, 0.5) is 8.78 Å². The first kappa shape index (κ1) is 23.6. The van der Waals surface area contributed by atoms with E-state index in [2.05, 4.69) is 10.3 Å². The molecule has 4 aromatic rings. The van der Waals surface area contributed by atoms with Gasteiger partial charge < -0.3 is 10.2 Å². The molecular formula is C27H19ClF2N4O2. The third kappa shape index (κ3) is 4.58. The summed E-state index contributed by atoms with van der Waals surface area (Å²) < 4.78 is 27.3. The fraction of sp³-hybridized carbons (Fsp3) is 0.185. The van der Waals surface area contributed by atoms with Crippen LogP contribution in [0.5, 0.6) is 0 Å². The monoisotopic (exact) mass is 504 g/mol. The van der Waals surface area contributed by atoms with Gasteiger partial charge in [-0.25, -0.2) is 8.78 Å². The van der Waals surface area contributed by atoms with Crippen LogP contribution in [0.15, 0.2) is 66.9 Å². The molecule has 1 aliphatic heterocycles. The van der Waals surface area contributed by atoms with E-state index in [0.29, 0.717) is 21.5 Å². The fourth-order valence-corrected chi connectivity index (χ4v) is 4.65. The van der Waals surface area contributed by atoms with E-state index in [4.69, 9.17) is 16.9 Å². The quantitative estimate of drug-likeness (QED) is 0.414. The van der Waals surface area contributed by atoms with Crippen LogP contribution in [0.2, 0.25) is 5.02 Å². The van der Waals surface area contributed by atoms with Crippen molar-refractivity contribution < 1.29 is 18.4 Å². The molecule has 0 aliphatic carbocycles. The number of likely N-dealkylation sites (tertiary alicyclic amines) is 1. The van der Waals surface area contributed by atoms with Crippen LogP contribution in [0, 0.1) is 11.3 Å². The lowest BCUT2D eigenvalue weighted by atomic mass is 9.98. The zero-order valence-corrected chi connectivity index (χ0v) is 19.6. The van der Waals surface area contributed by atoms with Crippen molar-refractivity contribution in [3.8, 4) is 17.2 Å². The molecule has 1 atom stereocenters. The van der Waals surface area contributed by atoms with Gasteiger partial charge in [-0.2, -0.15) is 5.26 Å². The predicted octanol–water partition coefficient (Wildman–Crippen LogP) is 5.20. The van der Waals surface area contributed by atoms with E-state index in [0.717, 1.165) is 26.8 Å². The van der Waals surface area contributed by atoms with Gasteiger partial charge in [0.1, 0.15) is 6.04 Å². The van der Waals surface area contributed by atoms with E-state index in [9.17, 15) is 18.4 Å². The van der Waals surface area contributed by atoms with Crippen molar-refractivity contribution in [3.63, 3.8) is 0 Å². The number of pyridine rings is 1. The highest BCUT2D eigenvalue weighted by Gasteiger charge is 2.47. The summed E-state index contributed by atoms with van der Waals surface area (Å²) in [7, 11) is 0. The molecule has 180 valence electrons. The zero-order valence-electron chi connectivity index (χ0n) is 18.8. The Kier molecular flexibility index (Phi) is 6.02. The van der Waals surface area contributed by atoms with Gasteiger partial charge >= 0.3 is 0 Å². The van der Waals surface area contributed by atoms with Gasteiger partial charge in [0.2, 0.25) is 5.91 Å². The second-order valence-electron chi connectivity index (χ2n) is 8.71. The third-order valence-electron chi connectivity index (χ3n) is 6.26. The van der Waals surface area contributed by atoms with Crippen molar-refractivity contribution in [2.24, 2.45) is 0 Å². The number of hydrogen-bond acceptors (Lipinski definition) is 4. The van der Waals surface area contributed by atoms with E-state index >= 15 is 0 Å². The Labute approximate surface area is 210 Å². The summed E-state index contributed by atoms with van der Waals surface area (Å²) in [6.07, 6.45) is 0.786. The number of amides is 2. The average molecular weight is 505 g/mol. The lowest BCUT2D eigenvalue weighted by molar-refractivity contribution is -0.131. The van der Waals surface area contributed by atoms with Gasteiger partial charge in [0.25, 0.3) is 11.8 Å². The summed E-state index contributed by atoms with van der Waals surface area (Å²) in [4.78, 5) is 30.6. The second-order valence-corrected chi connectivity index (χ2v) is 9.14. The number of hydrogen-bond donors (Lipinski definition) is 1. The Hall–Kier alpha value is -4.09. The second kappa shape index (κ2) is 9.17. The molecule has 2 heterocycles. The first-order valence-electron chi connectivity index (χ1n) is 11.2. The molecule has 36 heavy (non-hydrogen) atoms. The minimum Gasteiger partial charge on any atom is -0.343 e. The molecule has 1 saturated heterocycles. The predicted molar refractivity (Wildman–Crippen MR) is 133 cm³/mol. The number of nitriles is 1. The lowest BCUT2D eigenvalue weighted by Gasteiger charge is -2.19. The third-order valence-corrected chi connectivity index (χ3v) is 6.50. The molecule has 1 aromatic heterocycles. The number of nitrogens with zero attached hydrogens (tertiary/aromatic N) is 3. The van der Waals surface area contributed by atoms with Crippen LogP contribution in [0.1, 0.15) is 16.8 Å². The molecule has 1 N–H and O–H groups in total. The summed E-state index contributed by atoms with van der Waals surface area (Å²) in [5.74, 6) is -4.39. The molecule has 0 spiro atoms. The van der Waals surface area contributed by atoms with Crippen molar-refractivity contribution in [2.45, 2.75) is 18.4 Å². The van der Waals surface area contributed by atoms with Crippen LogP contribution >= 0.6 is 11.6 Å². The summed E-state index contributed by atoms with van der Waals surface area (Å²) in [5, 5.41) is 14.9. The summed E-state index contributed by atoms with van der Waals surface area (Å²) in [6.45, 7) is -1.33. The summed E-state index contributed by atoms with van der Waals surface area (Å²) in [5.41, 5.74) is 2.70. The van der Waals surface area contributed by atoms with Crippen LogP contribution < -0.4 is 5.32 Å². The molecule has 0 bridgehead atoms. The van der Waals surface area contributed by atoms with Gasteiger partial charge in [-0.1, -0.05) is 35.9 Å². The number of carbonyl (C=O) groups is 2. The Balaban J connectivity index is 1.39. The maximum atomic E-state index is 13.7. The van der Waals surface area contributed by atoms with Gasteiger partial charge in [0, 0.05) is 23.0 Å². The Bertz CT molecular complexity index is 1570. The Morgan fingerprint density at radius 1 is 1.08 bits per heavy atom. The first-order valence-corrected chi connectivity index (χ1v) is 11.6. The van der Waals surface area contributed by atoms with Gasteiger partial charge in [-0.05, 0) is 58.3 Å². The van der Waals surface area contributed by atoms with Crippen LogP contribution in [0.25, 0.3) is 32.8 Å². The number of benzene rings is 3. The number of nitrogens with one attached hydrogen (secondary N) is 1.